The Hall–Kier alpha value is -1.97. The first-order chi connectivity index (χ1) is 12.0. The van der Waals surface area contributed by atoms with E-state index in [9.17, 15) is 8.42 Å². The van der Waals surface area contributed by atoms with Crippen molar-refractivity contribution < 1.29 is 12.8 Å². The van der Waals surface area contributed by atoms with Crippen LogP contribution in [0.15, 0.2) is 33.0 Å². The number of oxazole rings is 1. The van der Waals surface area contributed by atoms with Crippen LogP contribution in [0.5, 0.6) is 0 Å². The lowest BCUT2D eigenvalue weighted by Crippen LogP contribution is -2.67. The number of benzene rings is 1. The van der Waals surface area contributed by atoms with Crippen molar-refractivity contribution >= 4 is 38.3 Å². The summed E-state index contributed by atoms with van der Waals surface area (Å²) in [6.07, 6.45) is 4.09. The predicted molar refractivity (Wildman–Crippen MR) is 95.8 cm³/mol. The van der Waals surface area contributed by atoms with Gasteiger partial charge in [-0.2, -0.15) is 4.98 Å². The van der Waals surface area contributed by atoms with Crippen molar-refractivity contribution in [3.8, 4) is 10.6 Å². The highest BCUT2D eigenvalue weighted by atomic mass is 32.2. The fourth-order valence-electron chi connectivity index (χ4n) is 3.60. The first-order valence-electron chi connectivity index (χ1n) is 8.03. The molecule has 2 unspecified atom stereocenters. The number of anilines is 1. The van der Waals surface area contributed by atoms with Crippen molar-refractivity contribution in [2.45, 2.75) is 23.4 Å². The van der Waals surface area contributed by atoms with E-state index in [1.165, 1.54) is 24.0 Å². The van der Waals surface area contributed by atoms with Crippen molar-refractivity contribution in [2.24, 2.45) is 0 Å². The van der Waals surface area contributed by atoms with Crippen LogP contribution in [0.3, 0.4) is 0 Å². The number of nitrogens with one attached hydrogen (secondary N) is 1. The third-order valence-electron chi connectivity index (χ3n) is 4.75. The first kappa shape index (κ1) is 15.3. The number of thiazole rings is 1. The third-order valence-corrected chi connectivity index (χ3v) is 6.68. The van der Waals surface area contributed by atoms with Crippen molar-refractivity contribution in [1.29, 1.82) is 0 Å². The lowest BCUT2D eigenvalue weighted by molar-refractivity contribution is 0.220. The Morgan fingerprint density at radius 2 is 2.08 bits per heavy atom. The topological polar surface area (TPSA) is 88.3 Å². The van der Waals surface area contributed by atoms with Gasteiger partial charge in [0.2, 0.25) is 0 Å². The number of aromatic nitrogens is 2. The molecule has 2 atom stereocenters. The highest BCUT2D eigenvalue weighted by molar-refractivity contribution is 7.91. The molecule has 3 aromatic rings. The zero-order valence-corrected chi connectivity index (χ0v) is 15.1. The average molecular weight is 376 g/mol. The Morgan fingerprint density at radius 3 is 2.72 bits per heavy atom. The number of fused-ring (bicyclic) bond motifs is 3. The molecule has 6 rings (SSSR count). The van der Waals surface area contributed by atoms with Gasteiger partial charge in [-0.05, 0) is 18.6 Å². The highest BCUT2D eigenvalue weighted by Crippen LogP contribution is 2.37. The van der Waals surface area contributed by atoms with E-state index in [1.807, 2.05) is 5.38 Å². The van der Waals surface area contributed by atoms with Crippen LogP contribution in [0.4, 0.5) is 6.01 Å². The van der Waals surface area contributed by atoms with E-state index in [2.05, 4.69) is 20.2 Å². The molecule has 0 aliphatic carbocycles. The largest absolute Gasteiger partial charge is 0.423 e. The molecule has 2 aromatic heterocycles. The normalized spacial score (nSPS) is 23.0. The Morgan fingerprint density at radius 1 is 1.32 bits per heavy atom. The molecule has 0 radical (unpaired) electrons. The molecule has 0 amide bonds. The van der Waals surface area contributed by atoms with Crippen LogP contribution < -0.4 is 10.2 Å². The summed E-state index contributed by atoms with van der Waals surface area (Å²) >= 11 is 1.48. The SMILES string of the molecule is CS(=O)(=O)c1ccc(-c2nccs2)c2oc(N3CC4CC(C3)N4)nc12. The molecule has 7 nitrogen and oxygen atoms in total. The minimum absolute atomic E-state index is 0.193. The average Bonchev–Trinajstić information content (AvgIpc) is 3.22. The summed E-state index contributed by atoms with van der Waals surface area (Å²) in [7, 11) is -3.40. The van der Waals surface area contributed by atoms with Crippen LogP contribution >= 0.6 is 11.3 Å². The fourth-order valence-corrected chi connectivity index (χ4v) is 5.07. The molecular weight excluding hydrogens is 360 g/mol. The van der Waals surface area contributed by atoms with Gasteiger partial charge >= 0.3 is 0 Å². The molecule has 1 aromatic carbocycles. The summed E-state index contributed by atoms with van der Waals surface area (Å²) in [5, 5.41) is 6.14. The van der Waals surface area contributed by atoms with E-state index in [-0.39, 0.29) is 4.90 Å². The van der Waals surface area contributed by atoms with E-state index in [0.29, 0.717) is 29.2 Å². The maximum absolute atomic E-state index is 12.2. The zero-order valence-electron chi connectivity index (χ0n) is 13.5. The molecule has 3 saturated heterocycles. The fraction of sp³-hybridized carbons (Fsp3) is 0.375. The van der Waals surface area contributed by atoms with E-state index in [4.69, 9.17) is 4.42 Å². The maximum Gasteiger partial charge on any atom is 0.298 e. The molecule has 5 heterocycles. The molecule has 3 fully saturated rings. The van der Waals surface area contributed by atoms with Crippen molar-refractivity contribution in [1.82, 2.24) is 15.3 Å². The molecule has 9 heteroatoms. The minimum atomic E-state index is -3.40. The van der Waals surface area contributed by atoms with Crippen LogP contribution in [-0.4, -0.2) is 49.8 Å². The highest BCUT2D eigenvalue weighted by Gasteiger charge is 2.38. The first-order valence-corrected chi connectivity index (χ1v) is 10.8. The Kier molecular flexibility index (Phi) is 3.22. The summed E-state index contributed by atoms with van der Waals surface area (Å²) in [5.41, 5.74) is 1.65. The monoisotopic (exact) mass is 376 g/mol. The standard InChI is InChI=1S/C16H16N4O3S2/c1-25(21,22)12-3-2-11(15-17-4-5-24-15)14-13(12)19-16(23-14)20-7-9-6-10(8-20)18-9/h2-5,9-10,18H,6-8H2,1H3. The van der Waals surface area contributed by atoms with Gasteiger partial charge in [-0.15, -0.1) is 11.3 Å². The van der Waals surface area contributed by atoms with Crippen molar-refractivity contribution in [3.63, 3.8) is 0 Å². The molecular formula is C16H16N4O3S2. The van der Waals surface area contributed by atoms with Gasteiger partial charge in [0, 0.05) is 43.0 Å². The summed E-state index contributed by atoms with van der Waals surface area (Å²) in [6, 6.07) is 4.75. The van der Waals surface area contributed by atoms with Gasteiger partial charge in [0.25, 0.3) is 6.01 Å². The van der Waals surface area contributed by atoms with Gasteiger partial charge < -0.3 is 14.6 Å². The van der Waals surface area contributed by atoms with Crippen LogP contribution in [0.2, 0.25) is 0 Å². The second kappa shape index (κ2) is 5.26. The number of sulfone groups is 1. The Bertz CT molecular complexity index is 1040. The third kappa shape index (κ3) is 2.45. The number of hydrogen-bond donors (Lipinski definition) is 1. The minimum Gasteiger partial charge on any atom is -0.423 e. The maximum atomic E-state index is 12.2. The second-order valence-corrected chi connectivity index (χ2v) is 9.47. The van der Waals surface area contributed by atoms with Gasteiger partial charge in [0.1, 0.15) is 10.5 Å². The summed E-state index contributed by atoms with van der Waals surface area (Å²) in [5.74, 6) is 0. The van der Waals surface area contributed by atoms with Crippen molar-refractivity contribution in [3.05, 3.63) is 23.7 Å². The van der Waals surface area contributed by atoms with Crippen LogP contribution in [0.25, 0.3) is 21.7 Å². The predicted octanol–water partition coefficient (Wildman–Crippen LogP) is 1.91. The Labute approximate surface area is 148 Å². The van der Waals surface area contributed by atoms with Gasteiger partial charge in [-0.25, -0.2) is 13.4 Å². The number of piperidine rings is 1. The van der Waals surface area contributed by atoms with Gasteiger partial charge in [0.05, 0.1) is 10.5 Å². The lowest BCUT2D eigenvalue weighted by Gasteiger charge is -2.47. The molecule has 1 N–H and O–H groups in total. The molecule has 130 valence electrons. The molecule has 2 bridgehead atoms. The number of rotatable bonds is 3. The van der Waals surface area contributed by atoms with E-state index >= 15 is 0 Å². The molecule has 0 saturated carbocycles. The quantitative estimate of drug-likeness (QED) is 0.747. The van der Waals surface area contributed by atoms with Crippen LogP contribution in [0, 0.1) is 0 Å². The summed E-state index contributed by atoms with van der Waals surface area (Å²) in [4.78, 5) is 11.2. The lowest BCUT2D eigenvalue weighted by atomic mass is 9.92. The van der Waals surface area contributed by atoms with Gasteiger partial charge in [0.15, 0.2) is 15.4 Å². The second-order valence-electron chi connectivity index (χ2n) is 6.60. The smallest absolute Gasteiger partial charge is 0.298 e. The van der Waals surface area contributed by atoms with E-state index in [1.54, 1.807) is 18.3 Å². The van der Waals surface area contributed by atoms with Crippen LogP contribution in [-0.2, 0) is 9.84 Å². The molecule has 3 aliphatic rings. The van der Waals surface area contributed by atoms with Gasteiger partial charge in [-0.1, -0.05) is 0 Å². The molecule has 25 heavy (non-hydrogen) atoms. The number of piperazine rings is 1. The zero-order chi connectivity index (χ0) is 17.2. The molecule has 0 spiro atoms. The van der Waals surface area contributed by atoms with Crippen molar-refractivity contribution in [2.75, 3.05) is 24.2 Å². The van der Waals surface area contributed by atoms with E-state index in [0.717, 1.165) is 23.7 Å². The molecule has 3 aliphatic heterocycles. The Balaban J connectivity index is 1.70. The summed E-state index contributed by atoms with van der Waals surface area (Å²) < 4.78 is 30.4. The van der Waals surface area contributed by atoms with Crippen LogP contribution in [0.1, 0.15) is 6.42 Å². The summed E-state index contributed by atoms with van der Waals surface area (Å²) in [6.45, 7) is 1.65. The van der Waals surface area contributed by atoms with Gasteiger partial charge in [-0.3, -0.25) is 0 Å². The van der Waals surface area contributed by atoms with E-state index < -0.39 is 9.84 Å². The number of nitrogens with zero attached hydrogens (tertiary/aromatic N) is 3. The number of hydrogen-bond acceptors (Lipinski definition) is 8.